The molecule has 6 nitrogen and oxygen atoms in total. The van der Waals surface area contributed by atoms with Crippen molar-refractivity contribution < 1.29 is 4.74 Å². The van der Waals surface area contributed by atoms with Crippen LogP contribution in [0.2, 0.25) is 0 Å². The van der Waals surface area contributed by atoms with E-state index in [0.717, 1.165) is 43.0 Å². The van der Waals surface area contributed by atoms with Gasteiger partial charge in [-0.15, -0.1) is 0 Å². The molecule has 2 N–H and O–H groups in total. The van der Waals surface area contributed by atoms with E-state index in [2.05, 4.69) is 19.9 Å². The Morgan fingerprint density at radius 1 is 1.18 bits per heavy atom. The topological polar surface area (TPSA) is 77.2 Å². The van der Waals surface area contributed by atoms with Gasteiger partial charge in [0.1, 0.15) is 18.0 Å². The summed E-state index contributed by atoms with van der Waals surface area (Å²) in [5.74, 6) is 1.40. The number of hydrogen-bond acceptors (Lipinski definition) is 6. The molecule has 0 amide bonds. The van der Waals surface area contributed by atoms with E-state index in [1.54, 1.807) is 6.20 Å². The van der Waals surface area contributed by atoms with Gasteiger partial charge in [0.2, 0.25) is 0 Å². The minimum absolute atomic E-state index is 0.493. The molecule has 3 heterocycles. The summed E-state index contributed by atoms with van der Waals surface area (Å²) in [6.07, 6.45) is 3.19. The Morgan fingerprint density at radius 3 is 2.82 bits per heavy atom. The molecule has 0 aromatic carbocycles. The smallest absolute Gasteiger partial charge is 0.134 e. The quantitative estimate of drug-likeness (QED) is 0.767. The molecule has 1 aliphatic heterocycles. The largest absolute Gasteiger partial charge is 0.383 e. The highest BCUT2D eigenvalue weighted by molar-refractivity contribution is 5.89. The second-order valence-electron chi connectivity index (χ2n) is 3.92. The first kappa shape index (κ1) is 10.2. The van der Waals surface area contributed by atoms with Gasteiger partial charge in [-0.1, -0.05) is 0 Å². The Bertz CT molecular complexity index is 538. The van der Waals surface area contributed by atoms with Crippen LogP contribution in [0.15, 0.2) is 18.6 Å². The average Bonchev–Trinajstić information content (AvgIpc) is 2.40. The van der Waals surface area contributed by atoms with E-state index < -0.39 is 0 Å². The van der Waals surface area contributed by atoms with Gasteiger partial charge in [0.05, 0.1) is 24.9 Å². The van der Waals surface area contributed by atoms with Crippen molar-refractivity contribution in [1.82, 2.24) is 15.0 Å². The summed E-state index contributed by atoms with van der Waals surface area (Å²) in [6, 6.07) is 1.94. The minimum Gasteiger partial charge on any atom is -0.383 e. The summed E-state index contributed by atoms with van der Waals surface area (Å²) >= 11 is 0. The molecule has 88 valence electrons. The predicted molar refractivity (Wildman–Crippen MR) is 64.8 cm³/mol. The normalized spacial score (nSPS) is 16.4. The molecule has 17 heavy (non-hydrogen) atoms. The molecule has 0 saturated carbocycles. The number of anilines is 2. The molecule has 0 spiro atoms. The summed E-state index contributed by atoms with van der Waals surface area (Å²) < 4.78 is 5.31. The van der Waals surface area contributed by atoms with Crippen molar-refractivity contribution in [1.29, 1.82) is 0 Å². The van der Waals surface area contributed by atoms with Gasteiger partial charge in [-0.25, -0.2) is 15.0 Å². The molecule has 6 heteroatoms. The maximum Gasteiger partial charge on any atom is 0.134 e. The molecule has 0 unspecified atom stereocenters. The number of rotatable bonds is 1. The standard InChI is InChI=1S/C11H13N5O/c12-11-8-5-10(16-1-3-17-4-2-16)13-6-9(8)14-7-15-11/h5-7H,1-4H2,(H2,12,14,15). The van der Waals surface area contributed by atoms with Crippen LogP contribution in [0.25, 0.3) is 10.9 Å². The lowest BCUT2D eigenvalue weighted by molar-refractivity contribution is 0.122. The Hall–Kier alpha value is -1.95. The Balaban J connectivity index is 2.03. The zero-order valence-corrected chi connectivity index (χ0v) is 9.33. The van der Waals surface area contributed by atoms with Gasteiger partial charge in [-0.05, 0) is 6.07 Å². The summed E-state index contributed by atoms with van der Waals surface area (Å²) in [5.41, 5.74) is 6.61. The van der Waals surface area contributed by atoms with Crippen LogP contribution in [-0.2, 0) is 4.74 Å². The van der Waals surface area contributed by atoms with Gasteiger partial charge in [-0.3, -0.25) is 0 Å². The minimum atomic E-state index is 0.493. The molecule has 1 fully saturated rings. The van der Waals surface area contributed by atoms with E-state index >= 15 is 0 Å². The number of aromatic nitrogens is 3. The number of nitrogen functional groups attached to an aromatic ring is 1. The highest BCUT2D eigenvalue weighted by Crippen LogP contribution is 2.21. The van der Waals surface area contributed by atoms with Crippen molar-refractivity contribution in [3.8, 4) is 0 Å². The van der Waals surface area contributed by atoms with Crippen molar-refractivity contribution in [3.05, 3.63) is 18.6 Å². The van der Waals surface area contributed by atoms with E-state index in [1.807, 2.05) is 6.07 Å². The maximum atomic E-state index is 5.83. The lowest BCUT2D eigenvalue weighted by Crippen LogP contribution is -2.36. The van der Waals surface area contributed by atoms with Crippen LogP contribution >= 0.6 is 0 Å². The maximum absolute atomic E-state index is 5.83. The molecule has 0 bridgehead atoms. The molecule has 0 atom stereocenters. The Morgan fingerprint density at radius 2 is 2.00 bits per heavy atom. The van der Waals surface area contributed by atoms with Crippen molar-refractivity contribution in [2.45, 2.75) is 0 Å². The van der Waals surface area contributed by atoms with Gasteiger partial charge in [0, 0.05) is 18.5 Å². The van der Waals surface area contributed by atoms with Crippen LogP contribution in [0, 0.1) is 0 Å². The SMILES string of the molecule is Nc1ncnc2cnc(N3CCOCC3)cc12. The molecule has 2 aromatic rings. The van der Waals surface area contributed by atoms with Gasteiger partial charge < -0.3 is 15.4 Å². The number of morpholine rings is 1. The van der Waals surface area contributed by atoms with Crippen LogP contribution in [0.1, 0.15) is 0 Å². The van der Waals surface area contributed by atoms with E-state index in [4.69, 9.17) is 10.5 Å². The van der Waals surface area contributed by atoms with Crippen LogP contribution in [-0.4, -0.2) is 41.3 Å². The number of pyridine rings is 1. The first-order valence-electron chi connectivity index (χ1n) is 5.53. The molecular formula is C11H13N5O. The first-order valence-corrected chi connectivity index (χ1v) is 5.53. The summed E-state index contributed by atoms with van der Waals surface area (Å²) in [5, 5.41) is 0.851. The Kier molecular flexibility index (Phi) is 2.49. The third-order valence-corrected chi connectivity index (χ3v) is 2.87. The van der Waals surface area contributed by atoms with E-state index in [0.29, 0.717) is 5.82 Å². The van der Waals surface area contributed by atoms with E-state index in [1.165, 1.54) is 6.33 Å². The fourth-order valence-corrected chi connectivity index (χ4v) is 1.93. The van der Waals surface area contributed by atoms with Crippen LogP contribution in [0.4, 0.5) is 11.6 Å². The van der Waals surface area contributed by atoms with Gasteiger partial charge in [0.15, 0.2) is 0 Å². The van der Waals surface area contributed by atoms with Crippen molar-refractivity contribution in [2.75, 3.05) is 36.9 Å². The third kappa shape index (κ3) is 1.87. The molecule has 1 aliphatic rings. The Labute approximate surface area is 98.4 Å². The lowest BCUT2D eigenvalue weighted by atomic mass is 10.2. The number of nitrogens with two attached hydrogens (primary N) is 1. The molecular weight excluding hydrogens is 218 g/mol. The predicted octanol–water partition coefficient (Wildman–Crippen LogP) is 0.444. The van der Waals surface area contributed by atoms with Crippen molar-refractivity contribution in [3.63, 3.8) is 0 Å². The highest BCUT2D eigenvalue weighted by Gasteiger charge is 2.13. The lowest BCUT2D eigenvalue weighted by Gasteiger charge is -2.27. The van der Waals surface area contributed by atoms with Gasteiger partial charge >= 0.3 is 0 Å². The number of hydrogen-bond donors (Lipinski definition) is 1. The summed E-state index contributed by atoms with van der Waals surface area (Å²) in [7, 11) is 0. The second-order valence-corrected chi connectivity index (χ2v) is 3.92. The van der Waals surface area contributed by atoms with E-state index in [9.17, 15) is 0 Å². The molecule has 3 rings (SSSR count). The van der Waals surface area contributed by atoms with Crippen molar-refractivity contribution in [2.24, 2.45) is 0 Å². The number of ether oxygens (including phenoxy) is 1. The average molecular weight is 231 g/mol. The van der Waals surface area contributed by atoms with E-state index in [-0.39, 0.29) is 0 Å². The molecule has 2 aromatic heterocycles. The van der Waals surface area contributed by atoms with Crippen LogP contribution < -0.4 is 10.6 Å². The monoisotopic (exact) mass is 231 g/mol. The number of nitrogens with zero attached hydrogens (tertiary/aromatic N) is 4. The van der Waals surface area contributed by atoms with Crippen LogP contribution in [0.5, 0.6) is 0 Å². The third-order valence-electron chi connectivity index (χ3n) is 2.87. The molecule has 1 saturated heterocycles. The molecule has 0 radical (unpaired) electrons. The summed E-state index contributed by atoms with van der Waals surface area (Å²) in [6.45, 7) is 3.18. The number of fused-ring (bicyclic) bond motifs is 1. The van der Waals surface area contributed by atoms with Crippen molar-refractivity contribution >= 4 is 22.5 Å². The van der Waals surface area contributed by atoms with Gasteiger partial charge in [-0.2, -0.15) is 0 Å². The molecule has 0 aliphatic carbocycles. The van der Waals surface area contributed by atoms with Gasteiger partial charge in [0.25, 0.3) is 0 Å². The fourth-order valence-electron chi connectivity index (χ4n) is 1.93. The van der Waals surface area contributed by atoms with Crippen LogP contribution in [0.3, 0.4) is 0 Å². The summed E-state index contributed by atoms with van der Waals surface area (Å²) in [4.78, 5) is 14.7. The first-order chi connectivity index (χ1) is 8.34. The highest BCUT2D eigenvalue weighted by atomic mass is 16.5. The zero-order valence-electron chi connectivity index (χ0n) is 9.33. The zero-order chi connectivity index (χ0) is 11.7. The fraction of sp³-hybridized carbons (Fsp3) is 0.364. The second kappa shape index (κ2) is 4.14.